The van der Waals surface area contributed by atoms with E-state index in [0.717, 1.165) is 11.3 Å². The third kappa shape index (κ3) is 5.15. The van der Waals surface area contributed by atoms with Gasteiger partial charge in [0.15, 0.2) is 0 Å². The predicted octanol–water partition coefficient (Wildman–Crippen LogP) is 6.00. The lowest BCUT2D eigenvalue weighted by molar-refractivity contribution is 0.415. The average molecular weight is 302 g/mol. The Hall–Kier alpha value is -2.80. The zero-order valence-corrected chi connectivity index (χ0v) is 13.7. The highest BCUT2D eigenvalue weighted by Gasteiger charge is 1.93. The van der Waals surface area contributed by atoms with E-state index < -0.39 is 0 Å². The first-order valence-corrected chi connectivity index (χ1v) is 7.61. The highest BCUT2D eigenvalue weighted by atomic mass is 16.5. The Morgan fingerprint density at radius 2 is 1.30 bits per heavy atom. The molecule has 0 aliphatic heterocycles. The Morgan fingerprint density at radius 3 is 1.83 bits per heavy atom. The minimum atomic E-state index is 0.880. The lowest BCUT2D eigenvalue weighted by atomic mass is 10.0. The molecule has 0 aliphatic rings. The Kier molecular flexibility index (Phi) is 6.19. The summed E-state index contributed by atoms with van der Waals surface area (Å²) in [6.45, 7) is 5.75. The van der Waals surface area contributed by atoms with E-state index in [1.807, 2.05) is 30.3 Å². The Balaban J connectivity index is 0.000000174. The zero-order valence-electron chi connectivity index (χ0n) is 13.7. The number of ether oxygens (including phenoxy) is 1. The van der Waals surface area contributed by atoms with Gasteiger partial charge in [-0.25, -0.2) is 0 Å². The number of hydrogen-bond donors (Lipinski definition) is 0. The molecule has 1 heteroatoms. The molecule has 1 nitrogen and oxygen atoms in total. The van der Waals surface area contributed by atoms with Crippen molar-refractivity contribution in [2.45, 2.75) is 6.92 Å². The van der Waals surface area contributed by atoms with Crippen LogP contribution in [-0.2, 0) is 0 Å². The first kappa shape index (κ1) is 16.6. The number of benzene rings is 3. The summed E-state index contributed by atoms with van der Waals surface area (Å²) in [5, 5.41) is 0. The van der Waals surface area contributed by atoms with Crippen LogP contribution in [0.25, 0.3) is 17.2 Å². The van der Waals surface area contributed by atoms with Crippen LogP contribution in [0.15, 0.2) is 85.4 Å². The summed E-state index contributed by atoms with van der Waals surface area (Å²) in [5.74, 6) is 0.880. The van der Waals surface area contributed by atoms with Crippen molar-refractivity contribution in [2.24, 2.45) is 0 Å². The average Bonchev–Trinajstić information content (AvgIpc) is 2.64. The zero-order chi connectivity index (χ0) is 16.5. The van der Waals surface area contributed by atoms with E-state index in [0.29, 0.717) is 0 Å². The van der Waals surface area contributed by atoms with Gasteiger partial charge in [0.05, 0.1) is 7.11 Å². The van der Waals surface area contributed by atoms with Crippen LogP contribution in [0.3, 0.4) is 0 Å². The van der Waals surface area contributed by atoms with Gasteiger partial charge < -0.3 is 4.74 Å². The summed E-state index contributed by atoms with van der Waals surface area (Å²) in [6, 6.07) is 26.8. The highest BCUT2D eigenvalue weighted by Crippen LogP contribution is 2.18. The second-order valence-corrected chi connectivity index (χ2v) is 5.21. The van der Waals surface area contributed by atoms with Crippen LogP contribution in [-0.4, -0.2) is 7.11 Å². The lowest BCUT2D eigenvalue weighted by Crippen LogP contribution is -1.80. The second-order valence-electron chi connectivity index (χ2n) is 5.21. The van der Waals surface area contributed by atoms with Crippen molar-refractivity contribution >= 4 is 6.08 Å². The van der Waals surface area contributed by atoms with Gasteiger partial charge in [-0.15, -0.1) is 0 Å². The van der Waals surface area contributed by atoms with Crippen LogP contribution < -0.4 is 4.74 Å². The fraction of sp³-hybridized carbons (Fsp3) is 0.0909. The summed E-state index contributed by atoms with van der Waals surface area (Å²) in [7, 11) is 1.66. The van der Waals surface area contributed by atoms with Crippen molar-refractivity contribution in [3.8, 4) is 16.9 Å². The molecule has 0 aliphatic carbocycles. The molecule has 0 heterocycles. The minimum Gasteiger partial charge on any atom is -0.497 e. The summed E-state index contributed by atoms with van der Waals surface area (Å²) < 4.78 is 4.98. The van der Waals surface area contributed by atoms with Gasteiger partial charge in [0.1, 0.15) is 5.75 Å². The van der Waals surface area contributed by atoms with E-state index in [1.165, 1.54) is 16.7 Å². The molecule has 0 fully saturated rings. The topological polar surface area (TPSA) is 9.23 Å². The standard InChI is InChI=1S/C13H12.C9H10O/c1-11-7-9-13(10-8-11)12-5-3-2-4-6-12;1-3-8-4-6-9(10-2)7-5-8/h2-10H,1H3;3-7H,1H2,2H3. The molecule has 23 heavy (non-hydrogen) atoms. The van der Waals surface area contributed by atoms with Crippen LogP contribution in [0.1, 0.15) is 11.1 Å². The third-order valence-corrected chi connectivity index (χ3v) is 3.51. The van der Waals surface area contributed by atoms with Gasteiger partial charge in [-0.3, -0.25) is 0 Å². The molecule has 0 radical (unpaired) electrons. The Morgan fingerprint density at radius 1 is 0.739 bits per heavy atom. The molecular weight excluding hydrogens is 280 g/mol. The summed E-state index contributed by atoms with van der Waals surface area (Å²) in [4.78, 5) is 0. The molecule has 0 aromatic heterocycles. The monoisotopic (exact) mass is 302 g/mol. The van der Waals surface area contributed by atoms with Gasteiger partial charge in [0, 0.05) is 0 Å². The van der Waals surface area contributed by atoms with Gasteiger partial charge in [0.2, 0.25) is 0 Å². The van der Waals surface area contributed by atoms with Crippen LogP contribution in [0.5, 0.6) is 5.75 Å². The van der Waals surface area contributed by atoms with E-state index in [-0.39, 0.29) is 0 Å². The molecule has 0 amide bonds. The molecular formula is C22H22O. The maximum atomic E-state index is 4.98. The Labute approximate surface area is 138 Å². The maximum Gasteiger partial charge on any atom is 0.118 e. The van der Waals surface area contributed by atoms with E-state index in [2.05, 4.69) is 62.0 Å². The molecule has 0 unspecified atom stereocenters. The van der Waals surface area contributed by atoms with Gasteiger partial charge in [-0.2, -0.15) is 0 Å². The number of hydrogen-bond acceptors (Lipinski definition) is 1. The van der Waals surface area contributed by atoms with E-state index >= 15 is 0 Å². The normalized spacial score (nSPS) is 9.48. The lowest BCUT2D eigenvalue weighted by Gasteiger charge is -2.00. The van der Waals surface area contributed by atoms with Gasteiger partial charge in [0.25, 0.3) is 0 Å². The molecule has 3 aromatic rings. The number of aryl methyl sites for hydroxylation is 1. The van der Waals surface area contributed by atoms with Crippen molar-refractivity contribution in [1.29, 1.82) is 0 Å². The smallest absolute Gasteiger partial charge is 0.118 e. The van der Waals surface area contributed by atoms with Crippen molar-refractivity contribution in [3.63, 3.8) is 0 Å². The molecule has 0 saturated heterocycles. The molecule has 3 rings (SSSR count). The minimum absolute atomic E-state index is 0.880. The van der Waals surface area contributed by atoms with Crippen LogP contribution in [0, 0.1) is 6.92 Å². The fourth-order valence-electron chi connectivity index (χ4n) is 2.12. The van der Waals surface area contributed by atoms with Gasteiger partial charge >= 0.3 is 0 Å². The summed E-state index contributed by atoms with van der Waals surface area (Å²) in [6.07, 6.45) is 1.80. The van der Waals surface area contributed by atoms with Crippen molar-refractivity contribution in [1.82, 2.24) is 0 Å². The third-order valence-electron chi connectivity index (χ3n) is 3.51. The van der Waals surface area contributed by atoms with E-state index in [4.69, 9.17) is 4.74 Å². The highest BCUT2D eigenvalue weighted by molar-refractivity contribution is 5.63. The SMILES string of the molecule is C=Cc1ccc(OC)cc1.Cc1ccc(-c2ccccc2)cc1. The molecule has 0 atom stereocenters. The number of rotatable bonds is 3. The summed E-state index contributed by atoms with van der Waals surface area (Å²) >= 11 is 0. The number of methoxy groups -OCH3 is 1. The van der Waals surface area contributed by atoms with E-state index in [9.17, 15) is 0 Å². The van der Waals surface area contributed by atoms with Gasteiger partial charge in [-0.1, -0.05) is 84.9 Å². The first-order chi connectivity index (χ1) is 11.2. The van der Waals surface area contributed by atoms with Crippen molar-refractivity contribution in [3.05, 3.63) is 96.6 Å². The van der Waals surface area contributed by atoms with Crippen molar-refractivity contribution in [2.75, 3.05) is 7.11 Å². The predicted molar refractivity (Wildman–Crippen MR) is 99.7 cm³/mol. The molecule has 0 spiro atoms. The Bertz CT molecular complexity index is 710. The second kappa shape index (κ2) is 8.60. The van der Waals surface area contributed by atoms with Crippen LogP contribution >= 0.6 is 0 Å². The quantitative estimate of drug-likeness (QED) is 0.576. The molecule has 3 aromatic carbocycles. The molecule has 0 bridgehead atoms. The molecule has 116 valence electrons. The largest absolute Gasteiger partial charge is 0.497 e. The molecule has 0 N–H and O–H groups in total. The fourth-order valence-corrected chi connectivity index (χ4v) is 2.12. The molecule has 0 saturated carbocycles. The van der Waals surface area contributed by atoms with E-state index in [1.54, 1.807) is 13.2 Å². The van der Waals surface area contributed by atoms with Crippen LogP contribution in [0.4, 0.5) is 0 Å². The summed E-state index contributed by atoms with van der Waals surface area (Å²) in [5.41, 5.74) is 4.98. The maximum absolute atomic E-state index is 4.98. The first-order valence-electron chi connectivity index (χ1n) is 7.61. The van der Waals surface area contributed by atoms with Gasteiger partial charge in [-0.05, 0) is 35.7 Å². The van der Waals surface area contributed by atoms with Crippen molar-refractivity contribution < 1.29 is 4.74 Å². The van der Waals surface area contributed by atoms with Crippen LogP contribution in [0.2, 0.25) is 0 Å².